The summed E-state index contributed by atoms with van der Waals surface area (Å²) >= 11 is 3.44. The number of hydrogen-bond donors (Lipinski definition) is 1. The molecule has 0 heterocycles. The Morgan fingerprint density at radius 1 is 1.10 bits per heavy atom. The Balaban J connectivity index is 2.14. The minimum atomic E-state index is -0.144. The molecule has 106 valence electrons. The smallest absolute Gasteiger partial charge is 0.127 e. The molecule has 0 aliphatic heterocycles. The summed E-state index contributed by atoms with van der Waals surface area (Å²) in [4.78, 5) is 0. The van der Waals surface area contributed by atoms with E-state index in [1.54, 1.807) is 6.07 Å². The van der Waals surface area contributed by atoms with Crippen molar-refractivity contribution < 1.29 is 4.39 Å². The van der Waals surface area contributed by atoms with E-state index in [0.29, 0.717) is 0 Å². The maximum absolute atomic E-state index is 13.9. The van der Waals surface area contributed by atoms with Gasteiger partial charge < -0.3 is 5.32 Å². The Labute approximate surface area is 128 Å². The summed E-state index contributed by atoms with van der Waals surface area (Å²) in [5.74, 6) is -0.144. The SMILES string of the molecule is CCC(N[C@@H](C)c1ccc(Br)cc1)c1ccccc1F. The van der Waals surface area contributed by atoms with Gasteiger partial charge in [0, 0.05) is 22.1 Å². The van der Waals surface area contributed by atoms with Gasteiger partial charge >= 0.3 is 0 Å². The minimum absolute atomic E-state index is 0.0230. The molecule has 0 aromatic heterocycles. The predicted molar refractivity (Wildman–Crippen MR) is 85.1 cm³/mol. The molecule has 0 spiro atoms. The molecule has 0 aliphatic carbocycles. The number of benzene rings is 2. The monoisotopic (exact) mass is 335 g/mol. The second kappa shape index (κ2) is 7.00. The van der Waals surface area contributed by atoms with Gasteiger partial charge in [-0.25, -0.2) is 4.39 Å². The number of halogens is 2. The first-order valence-corrected chi connectivity index (χ1v) is 7.67. The van der Waals surface area contributed by atoms with E-state index in [9.17, 15) is 4.39 Å². The normalized spacial score (nSPS) is 14.0. The molecule has 0 saturated heterocycles. The Morgan fingerprint density at radius 3 is 2.35 bits per heavy atom. The van der Waals surface area contributed by atoms with Crippen molar-refractivity contribution in [3.05, 3.63) is 69.9 Å². The summed E-state index contributed by atoms with van der Waals surface area (Å²) < 4.78 is 15.0. The highest BCUT2D eigenvalue weighted by Crippen LogP contribution is 2.24. The molecule has 20 heavy (non-hydrogen) atoms. The summed E-state index contributed by atoms with van der Waals surface area (Å²) in [6.07, 6.45) is 0.849. The number of nitrogens with one attached hydrogen (secondary N) is 1. The van der Waals surface area contributed by atoms with Gasteiger partial charge in [-0.15, -0.1) is 0 Å². The molecule has 2 aromatic rings. The van der Waals surface area contributed by atoms with E-state index in [-0.39, 0.29) is 17.9 Å². The molecule has 0 fully saturated rings. The van der Waals surface area contributed by atoms with E-state index < -0.39 is 0 Å². The Bertz CT molecular complexity index is 553. The van der Waals surface area contributed by atoms with Crippen molar-refractivity contribution >= 4 is 15.9 Å². The van der Waals surface area contributed by atoms with Crippen molar-refractivity contribution in [2.45, 2.75) is 32.4 Å². The Kier molecular flexibility index (Phi) is 5.32. The second-order valence-electron chi connectivity index (χ2n) is 4.92. The maximum atomic E-state index is 13.9. The topological polar surface area (TPSA) is 12.0 Å². The van der Waals surface area contributed by atoms with E-state index in [2.05, 4.69) is 47.2 Å². The van der Waals surface area contributed by atoms with E-state index in [4.69, 9.17) is 0 Å². The van der Waals surface area contributed by atoms with Crippen LogP contribution in [0.15, 0.2) is 53.0 Å². The molecule has 1 unspecified atom stereocenters. The molecule has 0 amide bonds. The fraction of sp³-hybridized carbons (Fsp3) is 0.294. The van der Waals surface area contributed by atoms with Crippen molar-refractivity contribution in [1.29, 1.82) is 0 Å². The standard InChI is InChI=1S/C17H19BrFN/c1-3-17(15-6-4-5-7-16(15)19)20-12(2)13-8-10-14(18)11-9-13/h4-12,17,20H,3H2,1-2H3/t12-,17?/m0/s1. The third kappa shape index (κ3) is 3.68. The van der Waals surface area contributed by atoms with Gasteiger partial charge in [-0.1, -0.05) is 53.2 Å². The van der Waals surface area contributed by atoms with Crippen molar-refractivity contribution in [3.8, 4) is 0 Å². The fourth-order valence-corrected chi connectivity index (χ4v) is 2.60. The van der Waals surface area contributed by atoms with E-state index >= 15 is 0 Å². The molecule has 2 rings (SSSR count). The fourth-order valence-electron chi connectivity index (χ4n) is 2.33. The van der Waals surface area contributed by atoms with Gasteiger partial charge in [0.15, 0.2) is 0 Å². The van der Waals surface area contributed by atoms with Gasteiger partial charge in [-0.2, -0.15) is 0 Å². The molecule has 1 N–H and O–H groups in total. The quantitative estimate of drug-likeness (QED) is 0.772. The molecule has 1 nitrogen and oxygen atoms in total. The van der Waals surface area contributed by atoms with Gasteiger partial charge in [0.05, 0.1) is 0 Å². The summed E-state index contributed by atoms with van der Waals surface area (Å²) in [6, 6.07) is 15.4. The van der Waals surface area contributed by atoms with Crippen LogP contribution in [0.2, 0.25) is 0 Å². The van der Waals surface area contributed by atoms with Crippen LogP contribution in [0.25, 0.3) is 0 Å². The maximum Gasteiger partial charge on any atom is 0.127 e. The van der Waals surface area contributed by atoms with Gasteiger partial charge in [-0.05, 0) is 37.1 Å². The van der Waals surface area contributed by atoms with Crippen LogP contribution in [-0.4, -0.2) is 0 Å². The summed E-state index contributed by atoms with van der Waals surface area (Å²) in [5.41, 5.74) is 1.93. The third-order valence-electron chi connectivity index (χ3n) is 3.51. The highest BCUT2D eigenvalue weighted by Gasteiger charge is 2.16. The van der Waals surface area contributed by atoms with Crippen LogP contribution in [0.1, 0.15) is 43.5 Å². The Morgan fingerprint density at radius 2 is 1.75 bits per heavy atom. The zero-order valence-corrected chi connectivity index (χ0v) is 13.3. The molecule has 2 aromatic carbocycles. The zero-order valence-electron chi connectivity index (χ0n) is 11.7. The average molecular weight is 336 g/mol. The number of rotatable bonds is 5. The van der Waals surface area contributed by atoms with Crippen LogP contribution in [-0.2, 0) is 0 Å². The van der Waals surface area contributed by atoms with Crippen LogP contribution in [0, 0.1) is 5.82 Å². The summed E-state index contributed by atoms with van der Waals surface area (Å²) in [6.45, 7) is 4.17. The first-order valence-electron chi connectivity index (χ1n) is 6.87. The lowest BCUT2D eigenvalue weighted by Crippen LogP contribution is -2.25. The van der Waals surface area contributed by atoms with Gasteiger partial charge in [0.1, 0.15) is 5.82 Å². The molecule has 0 aliphatic rings. The molecule has 0 radical (unpaired) electrons. The second-order valence-corrected chi connectivity index (χ2v) is 5.84. The Hall–Kier alpha value is -1.19. The molecule has 3 heteroatoms. The highest BCUT2D eigenvalue weighted by molar-refractivity contribution is 9.10. The number of hydrogen-bond acceptors (Lipinski definition) is 1. The first kappa shape index (κ1) is 15.2. The van der Waals surface area contributed by atoms with Crippen molar-refractivity contribution in [2.24, 2.45) is 0 Å². The van der Waals surface area contributed by atoms with Crippen LogP contribution in [0.4, 0.5) is 4.39 Å². The van der Waals surface area contributed by atoms with E-state index in [1.165, 1.54) is 11.6 Å². The summed E-state index contributed by atoms with van der Waals surface area (Å²) in [5, 5.41) is 3.50. The van der Waals surface area contributed by atoms with Crippen LogP contribution in [0.5, 0.6) is 0 Å². The molecular formula is C17H19BrFN. The first-order chi connectivity index (χ1) is 9.61. The van der Waals surface area contributed by atoms with Crippen LogP contribution < -0.4 is 5.32 Å². The highest BCUT2D eigenvalue weighted by atomic mass is 79.9. The summed E-state index contributed by atoms with van der Waals surface area (Å²) in [7, 11) is 0. The largest absolute Gasteiger partial charge is 0.303 e. The van der Waals surface area contributed by atoms with Crippen LogP contribution in [0.3, 0.4) is 0 Å². The molecular weight excluding hydrogens is 317 g/mol. The van der Waals surface area contributed by atoms with Crippen molar-refractivity contribution in [1.82, 2.24) is 5.32 Å². The minimum Gasteiger partial charge on any atom is -0.303 e. The lowest BCUT2D eigenvalue weighted by Gasteiger charge is -2.23. The van der Waals surface area contributed by atoms with Crippen molar-refractivity contribution in [2.75, 3.05) is 0 Å². The van der Waals surface area contributed by atoms with Crippen LogP contribution >= 0.6 is 15.9 Å². The third-order valence-corrected chi connectivity index (χ3v) is 4.04. The zero-order chi connectivity index (χ0) is 14.5. The van der Waals surface area contributed by atoms with Gasteiger partial charge in [-0.3, -0.25) is 0 Å². The van der Waals surface area contributed by atoms with E-state index in [0.717, 1.165) is 16.5 Å². The van der Waals surface area contributed by atoms with E-state index in [1.807, 2.05) is 24.3 Å². The van der Waals surface area contributed by atoms with Crippen molar-refractivity contribution in [3.63, 3.8) is 0 Å². The molecule has 0 saturated carbocycles. The van der Waals surface area contributed by atoms with Gasteiger partial charge in [0.2, 0.25) is 0 Å². The molecule has 2 atom stereocenters. The lowest BCUT2D eigenvalue weighted by atomic mass is 10.0. The molecule has 0 bridgehead atoms. The van der Waals surface area contributed by atoms with Gasteiger partial charge in [0.25, 0.3) is 0 Å². The predicted octanol–water partition coefficient (Wildman–Crippen LogP) is 5.39. The lowest BCUT2D eigenvalue weighted by molar-refractivity contribution is 0.439. The average Bonchev–Trinajstić information content (AvgIpc) is 2.46.